The molecule has 0 unspecified atom stereocenters. The lowest BCUT2D eigenvalue weighted by molar-refractivity contribution is -0.121. The molecule has 34 heavy (non-hydrogen) atoms. The van der Waals surface area contributed by atoms with Gasteiger partial charge in [0.2, 0.25) is 12.7 Å². The zero-order valence-corrected chi connectivity index (χ0v) is 19.3. The Morgan fingerprint density at radius 3 is 2.56 bits per heavy atom. The number of aromatic nitrogens is 2. The first-order chi connectivity index (χ1) is 16.5. The van der Waals surface area contributed by atoms with Crippen LogP contribution in [0.25, 0.3) is 11.0 Å². The lowest BCUT2D eigenvalue weighted by Gasteiger charge is -2.36. The quantitative estimate of drug-likeness (QED) is 0.622. The summed E-state index contributed by atoms with van der Waals surface area (Å²) in [4.78, 5) is 25.0. The fraction of sp³-hybridized carbons (Fsp3) is 0.385. The van der Waals surface area contributed by atoms with Gasteiger partial charge in [-0.25, -0.2) is 9.97 Å². The van der Waals surface area contributed by atoms with E-state index < -0.39 is 11.8 Å². The average molecular weight is 458 g/mol. The molecule has 3 aromatic rings. The van der Waals surface area contributed by atoms with Gasteiger partial charge in [0, 0.05) is 19.6 Å². The number of hydrogen-bond donors (Lipinski definition) is 1. The molecule has 0 bridgehead atoms. The third-order valence-electron chi connectivity index (χ3n) is 6.31. The number of nitrogens with one attached hydrogen (secondary N) is 1. The Balaban J connectivity index is 1.44. The van der Waals surface area contributed by atoms with Crippen LogP contribution in [-0.2, 0) is 11.3 Å². The minimum Gasteiger partial charge on any atom is -0.454 e. The van der Waals surface area contributed by atoms with E-state index in [-0.39, 0.29) is 13.3 Å². The molecule has 0 spiro atoms. The van der Waals surface area contributed by atoms with E-state index in [9.17, 15) is 10.1 Å². The summed E-state index contributed by atoms with van der Waals surface area (Å²) >= 11 is 0. The smallest absolute Gasteiger partial charge is 0.243 e. The van der Waals surface area contributed by atoms with Crippen molar-refractivity contribution in [3.63, 3.8) is 0 Å². The van der Waals surface area contributed by atoms with E-state index in [1.54, 1.807) is 0 Å². The fourth-order valence-corrected chi connectivity index (χ4v) is 4.85. The monoisotopic (exact) mass is 457 g/mol. The Bertz CT molecular complexity index is 1260. The second-order valence-electron chi connectivity index (χ2n) is 9.24. The Hall–Kier alpha value is -3.86. The second-order valence-corrected chi connectivity index (χ2v) is 9.24. The molecule has 8 heteroatoms. The molecule has 1 N–H and O–H groups in total. The van der Waals surface area contributed by atoms with Crippen molar-refractivity contribution in [2.24, 2.45) is 11.8 Å². The van der Waals surface area contributed by atoms with Crippen LogP contribution in [0.4, 0.5) is 5.82 Å². The number of benzene rings is 2. The topological polar surface area (TPSA) is 100 Å². The van der Waals surface area contributed by atoms with Gasteiger partial charge in [-0.2, -0.15) is 5.26 Å². The summed E-state index contributed by atoms with van der Waals surface area (Å²) in [6, 6.07) is 15.3. The summed E-state index contributed by atoms with van der Waals surface area (Å²) < 4.78 is 10.8. The highest BCUT2D eigenvalue weighted by Crippen LogP contribution is 2.33. The van der Waals surface area contributed by atoms with Crippen LogP contribution in [0.1, 0.15) is 37.4 Å². The minimum atomic E-state index is -1.08. The van der Waals surface area contributed by atoms with E-state index in [1.165, 1.54) is 0 Å². The molecule has 0 aliphatic carbocycles. The zero-order valence-electron chi connectivity index (χ0n) is 19.3. The highest BCUT2D eigenvalue weighted by atomic mass is 16.7. The molecule has 1 fully saturated rings. The number of ether oxygens (including phenoxy) is 2. The molecule has 5 rings (SSSR count). The van der Waals surface area contributed by atoms with Crippen molar-refractivity contribution in [2.45, 2.75) is 32.7 Å². The van der Waals surface area contributed by atoms with Crippen molar-refractivity contribution in [1.82, 2.24) is 15.3 Å². The van der Waals surface area contributed by atoms with E-state index in [0.717, 1.165) is 30.6 Å². The van der Waals surface area contributed by atoms with Gasteiger partial charge in [0.25, 0.3) is 0 Å². The van der Waals surface area contributed by atoms with Crippen molar-refractivity contribution in [1.29, 1.82) is 5.26 Å². The summed E-state index contributed by atoms with van der Waals surface area (Å²) in [5.74, 6) is 1.47. The van der Waals surface area contributed by atoms with E-state index in [2.05, 4.69) is 30.1 Å². The van der Waals surface area contributed by atoms with Crippen LogP contribution in [0.15, 0.2) is 42.5 Å². The Labute approximate surface area is 198 Å². The number of carbonyl (C=O) groups excluding carboxylic acids is 1. The largest absolute Gasteiger partial charge is 0.454 e. The molecular weight excluding hydrogens is 430 g/mol. The third kappa shape index (κ3) is 4.34. The summed E-state index contributed by atoms with van der Waals surface area (Å²) in [5.41, 5.74) is 2.69. The van der Waals surface area contributed by atoms with Crippen molar-refractivity contribution in [3.05, 3.63) is 53.7 Å². The molecule has 2 aliphatic rings. The van der Waals surface area contributed by atoms with Crippen molar-refractivity contribution < 1.29 is 14.3 Å². The van der Waals surface area contributed by atoms with Gasteiger partial charge in [-0.1, -0.05) is 32.0 Å². The van der Waals surface area contributed by atoms with Gasteiger partial charge in [0.05, 0.1) is 17.1 Å². The number of anilines is 1. The van der Waals surface area contributed by atoms with Gasteiger partial charge in [-0.15, -0.1) is 0 Å². The first-order valence-electron chi connectivity index (χ1n) is 11.6. The number of carbonyl (C=O) groups is 1. The zero-order chi connectivity index (χ0) is 23.7. The summed E-state index contributed by atoms with van der Waals surface area (Å²) in [7, 11) is 0. The number of para-hydroxylation sites is 2. The maximum Gasteiger partial charge on any atom is 0.243 e. The van der Waals surface area contributed by atoms with E-state index in [4.69, 9.17) is 19.4 Å². The van der Waals surface area contributed by atoms with Crippen LogP contribution < -0.4 is 19.7 Å². The number of nitrogens with zero attached hydrogens (tertiary/aromatic N) is 4. The number of amides is 1. The molecule has 0 saturated carbocycles. The molecule has 2 aliphatic heterocycles. The predicted octanol–water partition coefficient (Wildman–Crippen LogP) is 3.76. The molecule has 3 atom stereocenters. The van der Waals surface area contributed by atoms with Gasteiger partial charge in [-0.3, -0.25) is 4.79 Å². The Kier molecular flexibility index (Phi) is 5.93. The average Bonchev–Trinajstić information content (AvgIpc) is 3.30. The molecule has 1 saturated heterocycles. The summed E-state index contributed by atoms with van der Waals surface area (Å²) in [6.45, 7) is 6.54. The van der Waals surface area contributed by atoms with Gasteiger partial charge in [0.15, 0.2) is 23.2 Å². The lowest BCUT2D eigenvalue weighted by Crippen LogP contribution is -2.40. The maximum atomic E-state index is 13.2. The lowest BCUT2D eigenvalue weighted by atomic mass is 9.91. The third-order valence-corrected chi connectivity index (χ3v) is 6.31. The van der Waals surface area contributed by atoms with Crippen LogP contribution in [0, 0.1) is 23.2 Å². The van der Waals surface area contributed by atoms with Crippen LogP contribution in [0.3, 0.4) is 0 Å². The Morgan fingerprint density at radius 2 is 1.82 bits per heavy atom. The summed E-state index contributed by atoms with van der Waals surface area (Å²) in [6.07, 6.45) is 1.14. The first-order valence-corrected chi connectivity index (χ1v) is 11.6. The molecular formula is C26H27N5O3. The number of fused-ring (bicyclic) bond motifs is 2. The van der Waals surface area contributed by atoms with E-state index in [1.807, 2.05) is 42.5 Å². The molecule has 174 valence electrons. The minimum absolute atomic E-state index is 0.193. The van der Waals surface area contributed by atoms with E-state index in [0.29, 0.717) is 40.4 Å². The SMILES string of the molecule is C[C@@H]1C[C@H](C)CN(c2nc3ccccc3nc2[C@H](C#N)C(=O)NCc2ccc3c(c2)OCO3)C1. The maximum absolute atomic E-state index is 13.2. The van der Waals surface area contributed by atoms with Crippen LogP contribution >= 0.6 is 0 Å². The fourth-order valence-electron chi connectivity index (χ4n) is 4.85. The molecule has 2 aromatic carbocycles. The van der Waals surface area contributed by atoms with Crippen LogP contribution in [0.2, 0.25) is 0 Å². The summed E-state index contributed by atoms with van der Waals surface area (Å²) in [5, 5.41) is 12.9. The van der Waals surface area contributed by atoms with Crippen LogP contribution in [0.5, 0.6) is 11.5 Å². The predicted molar refractivity (Wildman–Crippen MR) is 127 cm³/mol. The van der Waals surface area contributed by atoms with Crippen molar-refractivity contribution in [2.75, 3.05) is 24.8 Å². The second kappa shape index (κ2) is 9.18. The molecule has 0 radical (unpaired) electrons. The molecule has 1 aromatic heterocycles. The van der Waals surface area contributed by atoms with Crippen molar-refractivity contribution in [3.8, 4) is 17.6 Å². The van der Waals surface area contributed by atoms with Crippen molar-refractivity contribution >= 4 is 22.8 Å². The van der Waals surface area contributed by atoms with Gasteiger partial charge < -0.3 is 19.7 Å². The normalized spacial score (nSPS) is 20.1. The number of piperidine rings is 1. The molecule has 3 heterocycles. The molecule has 8 nitrogen and oxygen atoms in total. The number of rotatable bonds is 5. The van der Waals surface area contributed by atoms with Gasteiger partial charge >= 0.3 is 0 Å². The number of hydrogen-bond acceptors (Lipinski definition) is 7. The highest BCUT2D eigenvalue weighted by molar-refractivity contribution is 5.88. The first kappa shape index (κ1) is 22.0. The number of nitriles is 1. The highest BCUT2D eigenvalue weighted by Gasteiger charge is 2.31. The van der Waals surface area contributed by atoms with E-state index >= 15 is 0 Å². The van der Waals surface area contributed by atoms with Gasteiger partial charge in [0.1, 0.15) is 5.69 Å². The Morgan fingerprint density at radius 1 is 1.12 bits per heavy atom. The standard InChI is InChI=1S/C26H27N5O3/c1-16-9-17(2)14-31(13-16)25-24(29-20-5-3-4-6-21(20)30-25)19(11-27)26(32)28-12-18-7-8-22-23(10-18)34-15-33-22/h3-8,10,16-17,19H,9,12-15H2,1-2H3,(H,28,32)/t16-,17+,19-/m0/s1. The van der Waals surface area contributed by atoms with Gasteiger partial charge in [-0.05, 0) is 48.1 Å². The van der Waals surface area contributed by atoms with Crippen LogP contribution in [-0.4, -0.2) is 35.8 Å². The molecule has 1 amide bonds.